The first-order valence-corrected chi connectivity index (χ1v) is 6.74. The largest absolute Gasteiger partial charge is 0.417 e. The summed E-state index contributed by atoms with van der Waals surface area (Å²) in [6.07, 6.45) is -7.80. The molecule has 0 spiro atoms. The van der Waals surface area contributed by atoms with Crippen LogP contribution in [0.3, 0.4) is 0 Å². The van der Waals surface area contributed by atoms with Crippen molar-refractivity contribution in [2.75, 3.05) is 13.3 Å². The molecule has 0 bridgehead atoms. The number of carbonyl (C=O) groups excluding carboxylic acids is 1. The lowest BCUT2D eigenvalue weighted by Gasteiger charge is -2.52. The minimum Gasteiger partial charge on any atom is -0.381 e. The van der Waals surface area contributed by atoms with Gasteiger partial charge in [-0.1, -0.05) is 0 Å². The molecular formula is C11H14F4N4O4. The van der Waals surface area contributed by atoms with Gasteiger partial charge in [0, 0.05) is 12.8 Å². The molecule has 4 N–H and O–H groups in total. The van der Waals surface area contributed by atoms with Gasteiger partial charge >= 0.3 is 12.2 Å². The zero-order valence-electron chi connectivity index (χ0n) is 11.6. The maximum atomic E-state index is 15.3. The highest BCUT2D eigenvalue weighted by Gasteiger charge is 2.78. The van der Waals surface area contributed by atoms with Crippen molar-refractivity contribution in [3.8, 4) is 0 Å². The van der Waals surface area contributed by atoms with Gasteiger partial charge in [-0.15, -0.1) is 5.06 Å². The number of ether oxygens (including phenoxy) is 1. The molecule has 3 rings (SSSR count). The highest BCUT2D eigenvalue weighted by molar-refractivity contribution is 5.90. The third-order valence-corrected chi connectivity index (χ3v) is 4.44. The molecule has 0 aromatic carbocycles. The number of amides is 2. The number of nitrogens with zero attached hydrogens (tertiary/aromatic N) is 2. The number of hydrogen-bond acceptors (Lipinski definition) is 6. The molecule has 0 radical (unpaired) electrons. The fraction of sp³-hybridized carbons (Fsp3) is 0.818. The number of alkyl halides is 4. The van der Waals surface area contributed by atoms with Gasteiger partial charge in [0.1, 0.15) is 12.3 Å². The van der Waals surface area contributed by atoms with E-state index in [1.54, 1.807) is 5.32 Å². The molecule has 4 atom stereocenters. The lowest BCUT2D eigenvalue weighted by Crippen LogP contribution is -2.81. The van der Waals surface area contributed by atoms with E-state index < -0.39 is 48.5 Å². The second-order valence-electron chi connectivity index (χ2n) is 5.65. The van der Waals surface area contributed by atoms with Crippen molar-refractivity contribution in [1.29, 1.82) is 0 Å². The standard InChI is InChI=1S/C11H14F4N4O4/c12-10(13,14)6(20)8(2-1-3-23-8)9-4-16-5-19(22)11(9,15)18-7(21)17-9/h4,6,20,22H,1-3,5H2,(H2,17,18,21)/t6-,8?,9?,11?/m1/s1. The van der Waals surface area contributed by atoms with E-state index in [4.69, 9.17) is 4.74 Å². The van der Waals surface area contributed by atoms with Crippen molar-refractivity contribution in [2.24, 2.45) is 4.99 Å². The highest BCUT2D eigenvalue weighted by Crippen LogP contribution is 2.51. The SMILES string of the molecule is O=C1NC2(F)N(O)CN=CC2(C2([C@@H](O)C(F)(F)F)CCCO2)N1. The van der Waals surface area contributed by atoms with Crippen molar-refractivity contribution >= 4 is 12.2 Å². The predicted octanol–water partition coefficient (Wildman–Crippen LogP) is -0.133. The average molecular weight is 342 g/mol. The summed E-state index contributed by atoms with van der Waals surface area (Å²) in [5, 5.41) is 23.3. The summed E-state index contributed by atoms with van der Waals surface area (Å²) in [7, 11) is 0. The fourth-order valence-electron chi connectivity index (χ4n) is 3.44. The summed E-state index contributed by atoms with van der Waals surface area (Å²) >= 11 is 0. The Morgan fingerprint density at radius 3 is 2.70 bits per heavy atom. The first kappa shape index (κ1) is 16.4. The summed E-state index contributed by atoms with van der Waals surface area (Å²) in [6, 6.07) is -1.16. The van der Waals surface area contributed by atoms with Crippen LogP contribution in [0.15, 0.2) is 4.99 Å². The number of aliphatic hydroxyl groups is 1. The minimum atomic E-state index is -5.14. The summed E-state index contributed by atoms with van der Waals surface area (Å²) < 4.78 is 60.0. The van der Waals surface area contributed by atoms with Gasteiger partial charge in [0.2, 0.25) is 0 Å². The number of aliphatic hydroxyl groups excluding tert-OH is 1. The van der Waals surface area contributed by atoms with Gasteiger partial charge in [0.15, 0.2) is 11.6 Å². The number of carbonyl (C=O) groups is 1. The molecule has 0 aromatic heterocycles. The third-order valence-electron chi connectivity index (χ3n) is 4.44. The Kier molecular flexibility index (Phi) is 3.38. The molecule has 0 saturated carbocycles. The Hall–Kier alpha value is -1.50. The van der Waals surface area contributed by atoms with Crippen LogP contribution in [0.2, 0.25) is 0 Å². The monoisotopic (exact) mass is 342 g/mol. The van der Waals surface area contributed by atoms with E-state index in [1.807, 2.05) is 5.32 Å². The number of aliphatic imine (C=N–C) groups is 1. The van der Waals surface area contributed by atoms with Gasteiger partial charge in [0.05, 0.1) is 0 Å². The Bertz CT molecular complexity index is 553. The quantitative estimate of drug-likeness (QED) is 0.413. The molecule has 3 aliphatic heterocycles. The van der Waals surface area contributed by atoms with Crippen LogP contribution in [0.25, 0.3) is 0 Å². The number of urea groups is 1. The lowest BCUT2D eigenvalue weighted by molar-refractivity contribution is -0.312. The highest BCUT2D eigenvalue weighted by atomic mass is 19.4. The van der Waals surface area contributed by atoms with Crippen LogP contribution in [0.1, 0.15) is 12.8 Å². The van der Waals surface area contributed by atoms with Gasteiger partial charge in [-0.05, 0) is 12.8 Å². The van der Waals surface area contributed by atoms with E-state index in [0.29, 0.717) is 0 Å². The first-order valence-electron chi connectivity index (χ1n) is 6.74. The van der Waals surface area contributed by atoms with Crippen molar-refractivity contribution in [3.63, 3.8) is 0 Å². The molecule has 0 aliphatic carbocycles. The van der Waals surface area contributed by atoms with Crippen molar-refractivity contribution in [2.45, 2.75) is 42.2 Å². The molecular weight excluding hydrogens is 328 g/mol. The molecule has 3 aliphatic rings. The van der Waals surface area contributed by atoms with Crippen LogP contribution in [0.5, 0.6) is 0 Å². The molecule has 2 amide bonds. The second-order valence-corrected chi connectivity index (χ2v) is 5.65. The van der Waals surface area contributed by atoms with Crippen molar-refractivity contribution in [1.82, 2.24) is 15.7 Å². The maximum absolute atomic E-state index is 15.3. The van der Waals surface area contributed by atoms with E-state index in [2.05, 4.69) is 4.99 Å². The van der Waals surface area contributed by atoms with E-state index in [9.17, 15) is 28.3 Å². The zero-order valence-corrected chi connectivity index (χ0v) is 11.6. The van der Waals surface area contributed by atoms with Gasteiger partial charge in [-0.25, -0.2) is 4.79 Å². The van der Waals surface area contributed by atoms with Gasteiger partial charge < -0.3 is 20.4 Å². The van der Waals surface area contributed by atoms with Crippen LogP contribution >= 0.6 is 0 Å². The summed E-state index contributed by atoms with van der Waals surface area (Å²) in [5.74, 6) is -3.16. The molecule has 3 unspecified atom stereocenters. The number of hydrogen-bond donors (Lipinski definition) is 4. The molecule has 3 heterocycles. The summed E-state index contributed by atoms with van der Waals surface area (Å²) in [5.41, 5.74) is -5.14. The molecule has 8 nitrogen and oxygen atoms in total. The third kappa shape index (κ3) is 1.92. The molecule has 130 valence electrons. The molecule has 0 aromatic rings. The maximum Gasteiger partial charge on any atom is 0.417 e. The molecule has 23 heavy (non-hydrogen) atoms. The summed E-state index contributed by atoms with van der Waals surface area (Å²) in [6.45, 7) is -0.793. The number of rotatable bonds is 2. The van der Waals surface area contributed by atoms with Crippen molar-refractivity contribution < 1.29 is 37.4 Å². The first-order chi connectivity index (χ1) is 10.6. The van der Waals surface area contributed by atoms with E-state index in [1.165, 1.54) is 0 Å². The van der Waals surface area contributed by atoms with Crippen LogP contribution < -0.4 is 10.6 Å². The number of hydroxylamine groups is 2. The molecule has 12 heteroatoms. The van der Waals surface area contributed by atoms with Gasteiger partial charge in [-0.3, -0.25) is 10.3 Å². The normalized spacial score (nSPS) is 42.3. The van der Waals surface area contributed by atoms with Crippen LogP contribution in [-0.2, 0) is 4.74 Å². The van der Waals surface area contributed by atoms with Crippen molar-refractivity contribution in [3.05, 3.63) is 0 Å². The van der Waals surface area contributed by atoms with E-state index in [-0.39, 0.29) is 18.1 Å². The van der Waals surface area contributed by atoms with E-state index >= 15 is 4.39 Å². The number of nitrogens with one attached hydrogen (secondary N) is 2. The zero-order chi connectivity index (χ0) is 17.1. The Labute approximate surface area is 127 Å². The fourth-order valence-corrected chi connectivity index (χ4v) is 3.44. The van der Waals surface area contributed by atoms with Crippen LogP contribution in [-0.4, -0.2) is 70.2 Å². The second kappa shape index (κ2) is 4.75. The Morgan fingerprint density at radius 2 is 2.13 bits per heavy atom. The van der Waals surface area contributed by atoms with Crippen LogP contribution in [0, 0.1) is 0 Å². The molecule has 2 fully saturated rings. The molecule has 2 saturated heterocycles. The summed E-state index contributed by atoms with van der Waals surface area (Å²) in [4.78, 5) is 15.3. The number of halogens is 4. The smallest absolute Gasteiger partial charge is 0.381 e. The predicted molar refractivity (Wildman–Crippen MR) is 65.2 cm³/mol. The van der Waals surface area contributed by atoms with Crippen LogP contribution in [0.4, 0.5) is 22.4 Å². The number of fused-ring (bicyclic) bond motifs is 1. The minimum absolute atomic E-state index is 0.0442. The Balaban J connectivity index is 2.20. The van der Waals surface area contributed by atoms with E-state index in [0.717, 1.165) is 6.21 Å². The topological polar surface area (TPSA) is 106 Å². The Morgan fingerprint density at radius 1 is 1.43 bits per heavy atom. The van der Waals surface area contributed by atoms with Gasteiger partial charge in [-0.2, -0.15) is 17.6 Å². The average Bonchev–Trinajstić information content (AvgIpc) is 3.02. The lowest BCUT2D eigenvalue weighted by atomic mass is 9.71. The van der Waals surface area contributed by atoms with Gasteiger partial charge in [0.25, 0.3) is 5.92 Å².